The number of hydrogen-bond donors (Lipinski definition) is 1. The highest BCUT2D eigenvalue weighted by Gasteiger charge is 2.07. The van der Waals surface area contributed by atoms with Crippen LogP contribution in [0.3, 0.4) is 0 Å². The van der Waals surface area contributed by atoms with Crippen molar-refractivity contribution in [3.05, 3.63) is 34.6 Å². The Kier molecular flexibility index (Phi) is 3.35. The van der Waals surface area contributed by atoms with E-state index in [0.717, 1.165) is 12.6 Å². The van der Waals surface area contributed by atoms with Crippen molar-refractivity contribution in [2.24, 2.45) is 7.05 Å². The second-order valence-corrected chi connectivity index (χ2v) is 2.79. The largest absolute Gasteiger partial charge is 0.400 e. The predicted molar refractivity (Wildman–Crippen MR) is 55.5 cm³/mol. The maximum Gasteiger partial charge on any atom is 0.271 e. The first-order valence-corrected chi connectivity index (χ1v) is 4.18. The van der Waals surface area contributed by atoms with E-state index in [2.05, 4.69) is 4.98 Å². The molecule has 1 aromatic carbocycles. The van der Waals surface area contributed by atoms with Crippen molar-refractivity contribution in [2.45, 2.75) is 0 Å². The lowest BCUT2D eigenvalue weighted by atomic mass is 10.3. The molecule has 0 saturated carbocycles. The van der Waals surface area contributed by atoms with Gasteiger partial charge in [0.15, 0.2) is 0 Å². The molecule has 80 valence electrons. The van der Waals surface area contributed by atoms with Crippen LogP contribution >= 0.6 is 0 Å². The standard InChI is InChI=1S/C8H7N3O2.CH4O/c1-10-5-9-7-4-6(11(12)13)2-3-8(7)10;1-2/h2-5H,1H3;2H,1H3. The molecule has 0 radical (unpaired) electrons. The van der Waals surface area contributed by atoms with Gasteiger partial charge in [0.05, 0.1) is 22.3 Å². The molecule has 6 heteroatoms. The third-order valence-corrected chi connectivity index (χ3v) is 1.92. The van der Waals surface area contributed by atoms with Crippen molar-refractivity contribution in [3.63, 3.8) is 0 Å². The van der Waals surface area contributed by atoms with Gasteiger partial charge in [0.2, 0.25) is 0 Å². The maximum absolute atomic E-state index is 10.4. The Morgan fingerprint density at radius 2 is 2.13 bits per heavy atom. The van der Waals surface area contributed by atoms with Gasteiger partial charge in [0.1, 0.15) is 0 Å². The molecule has 1 N–H and O–H groups in total. The van der Waals surface area contributed by atoms with Gasteiger partial charge in [-0.25, -0.2) is 4.98 Å². The number of aryl methyl sites for hydroxylation is 1. The lowest BCUT2D eigenvalue weighted by Crippen LogP contribution is -1.88. The molecule has 0 amide bonds. The minimum absolute atomic E-state index is 0.0752. The normalized spacial score (nSPS) is 9.53. The second-order valence-electron chi connectivity index (χ2n) is 2.79. The molecule has 0 aliphatic rings. The minimum Gasteiger partial charge on any atom is -0.400 e. The Hall–Kier alpha value is -1.95. The fourth-order valence-corrected chi connectivity index (χ4v) is 1.24. The van der Waals surface area contributed by atoms with Crippen LogP contribution < -0.4 is 0 Å². The molecule has 1 heterocycles. The van der Waals surface area contributed by atoms with Crippen LogP contribution in [-0.2, 0) is 7.05 Å². The van der Waals surface area contributed by atoms with Crippen LogP contribution in [0.1, 0.15) is 0 Å². The molecule has 0 saturated heterocycles. The zero-order chi connectivity index (χ0) is 11.4. The molecule has 15 heavy (non-hydrogen) atoms. The van der Waals surface area contributed by atoms with Crippen LogP contribution in [0.2, 0.25) is 0 Å². The topological polar surface area (TPSA) is 81.2 Å². The Bertz CT molecular complexity index is 478. The third kappa shape index (κ3) is 2.10. The number of nitro groups is 1. The summed E-state index contributed by atoms with van der Waals surface area (Å²) in [4.78, 5) is 14.0. The molecule has 0 unspecified atom stereocenters. The van der Waals surface area contributed by atoms with Crippen molar-refractivity contribution in [1.82, 2.24) is 9.55 Å². The zero-order valence-electron chi connectivity index (χ0n) is 8.41. The zero-order valence-corrected chi connectivity index (χ0v) is 8.41. The number of nitrogens with zero attached hydrogens (tertiary/aromatic N) is 3. The van der Waals surface area contributed by atoms with E-state index < -0.39 is 4.92 Å². The lowest BCUT2D eigenvalue weighted by molar-refractivity contribution is -0.384. The van der Waals surface area contributed by atoms with E-state index in [1.54, 1.807) is 12.4 Å². The molecular formula is C9H11N3O3. The average molecular weight is 209 g/mol. The highest BCUT2D eigenvalue weighted by atomic mass is 16.6. The van der Waals surface area contributed by atoms with Crippen LogP contribution in [0, 0.1) is 10.1 Å². The Morgan fingerprint density at radius 3 is 2.73 bits per heavy atom. The summed E-state index contributed by atoms with van der Waals surface area (Å²) in [5.74, 6) is 0. The molecule has 0 atom stereocenters. The number of hydrogen-bond acceptors (Lipinski definition) is 4. The monoisotopic (exact) mass is 209 g/mol. The summed E-state index contributed by atoms with van der Waals surface area (Å²) >= 11 is 0. The first-order chi connectivity index (χ1) is 7.18. The van der Waals surface area contributed by atoms with Crippen LogP contribution in [0.15, 0.2) is 24.5 Å². The molecule has 0 aliphatic heterocycles. The van der Waals surface area contributed by atoms with E-state index in [1.165, 1.54) is 12.1 Å². The highest BCUT2D eigenvalue weighted by molar-refractivity contribution is 5.77. The molecule has 0 spiro atoms. The molecular weight excluding hydrogens is 198 g/mol. The highest BCUT2D eigenvalue weighted by Crippen LogP contribution is 2.18. The molecule has 0 aliphatic carbocycles. The first-order valence-electron chi connectivity index (χ1n) is 4.18. The number of nitro benzene ring substituents is 1. The average Bonchev–Trinajstić information content (AvgIpc) is 2.63. The number of rotatable bonds is 1. The van der Waals surface area contributed by atoms with Gasteiger partial charge in [-0.15, -0.1) is 0 Å². The Labute approximate surface area is 85.9 Å². The fourth-order valence-electron chi connectivity index (χ4n) is 1.24. The van der Waals surface area contributed by atoms with Gasteiger partial charge >= 0.3 is 0 Å². The van der Waals surface area contributed by atoms with Crippen molar-refractivity contribution < 1.29 is 10.0 Å². The molecule has 2 rings (SSSR count). The Balaban J connectivity index is 0.000000531. The number of aliphatic hydroxyl groups excluding tert-OH is 1. The fraction of sp³-hybridized carbons (Fsp3) is 0.222. The van der Waals surface area contributed by atoms with Gasteiger partial charge in [-0.2, -0.15) is 0 Å². The summed E-state index contributed by atoms with van der Waals surface area (Å²) < 4.78 is 1.82. The second kappa shape index (κ2) is 4.52. The third-order valence-electron chi connectivity index (χ3n) is 1.92. The van der Waals surface area contributed by atoms with Gasteiger partial charge in [-0.3, -0.25) is 10.1 Å². The summed E-state index contributed by atoms with van der Waals surface area (Å²) in [5, 5.41) is 17.4. The first kappa shape index (κ1) is 11.1. The quantitative estimate of drug-likeness (QED) is 0.563. The van der Waals surface area contributed by atoms with Gasteiger partial charge in [-0.05, 0) is 6.07 Å². The van der Waals surface area contributed by atoms with Gasteiger partial charge in [0, 0.05) is 26.3 Å². The predicted octanol–water partition coefficient (Wildman–Crippen LogP) is 1.09. The molecule has 0 fully saturated rings. The number of benzene rings is 1. The number of non-ortho nitro benzene ring substituents is 1. The van der Waals surface area contributed by atoms with E-state index in [0.29, 0.717) is 5.52 Å². The summed E-state index contributed by atoms with van der Waals surface area (Å²) in [6.07, 6.45) is 1.63. The number of aromatic nitrogens is 2. The summed E-state index contributed by atoms with van der Waals surface area (Å²) in [5.41, 5.74) is 1.62. The lowest BCUT2D eigenvalue weighted by Gasteiger charge is -1.93. The van der Waals surface area contributed by atoms with E-state index in [4.69, 9.17) is 5.11 Å². The SMILES string of the molecule is CO.Cn1cnc2cc([N+](=O)[O-])ccc21. The van der Waals surface area contributed by atoms with Crippen LogP contribution in [0.5, 0.6) is 0 Å². The molecule has 1 aromatic heterocycles. The van der Waals surface area contributed by atoms with Gasteiger partial charge < -0.3 is 9.67 Å². The molecule has 6 nitrogen and oxygen atoms in total. The Morgan fingerprint density at radius 1 is 1.47 bits per heavy atom. The van der Waals surface area contributed by atoms with Crippen molar-refractivity contribution >= 4 is 16.7 Å². The number of aliphatic hydroxyl groups is 1. The van der Waals surface area contributed by atoms with E-state index in [-0.39, 0.29) is 5.69 Å². The smallest absolute Gasteiger partial charge is 0.271 e. The summed E-state index contributed by atoms with van der Waals surface area (Å²) in [7, 11) is 2.85. The number of fused-ring (bicyclic) bond motifs is 1. The molecule has 0 bridgehead atoms. The van der Waals surface area contributed by atoms with Gasteiger partial charge in [0.25, 0.3) is 5.69 Å². The van der Waals surface area contributed by atoms with Crippen molar-refractivity contribution in [1.29, 1.82) is 0 Å². The van der Waals surface area contributed by atoms with Crippen LogP contribution in [0.25, 0.3) is 11.0 Å². The van der Waals surface area contributed by atoms with Crippen LogP contribution in [-0.4, -0.2) is 26.7 Å². The van der Waals surface area contributed by atoms with E-state index in [1.807, 2.05) is 11.6 Å². The van der Waals surface area contributed by atoms with E-state index >= 15 is 0 Å². The minimum atomic E-state index is -0.422. The maximum atomic E-state index is 10.4. The summed E-state index contributed by atoms with van der Waals surface area (Å²) in [6, 6.07) is 4.64. The number of imidazole rings is 1. The molecule has 2 aromatic rings. The van der Waals surface area contributed by atoms with E-state index in [9.17, 15) is 10.1 Å². The van der Waals surface area contributed by atoms with Crippen molar-refractivity contribution in [3.8, 4) is 0 Å². The van der Waals surface area contributed by atoms with Gasteiger partial charge in [-0.1, -0.05) is 0 Å². The summed E-state index contributed by atoms with van der Waals surface area (Å²) in [6.45, 7) is 0. The van der Waals surface area contributed by atoms with Crippen LogP contribution in [0.4, 0.5) is 5.69 Å². The van der Waals surface area contributed by atoms with Crippen molar-refractivity contribution in [2.75, 3.05) is 7.11 Å².